The first kappa shape index (κ1) is 15.3. The van der Waals surface area contributed by atoms with E-state index in [4.69, 9.17) is 26.2 Å². The summed E-state index contributed by atoms with van der Waals surface area (Å²) in [5.74, 6) is -0.862. The van der Waals surface area contributed by atoms with Gasteiger partial charge in [-0.15, -0.1) is 0 Å². The van der Waals surface area contributed by atoms with E-state index in [2.05, 4.69) is 5.32 Å². The van der Waals surface area contributed by atoms with Gasteiger partial charge >= 0.3 is 5.97 Å². The molecule has 1 rings (SSSR count). The van der Waals surface area contributed by atoms with Crippen LogP contribution in [0, 0.1) is 0 Å². The largest absolute Gasteiger partial charge is 0.484 e. The van der Waals surface area contributed by atoms with Gasteiger partial charge in [0.2, 0.25) is 0 Å². The van der Waals surface area contributed by atoms with Gasteiger partial charge in [0.1, 0.15) is 12.4 Å². The van der Waals surface area contributed by atoms with Crippen molar-refractivity contribution in [1.82, 2.24) is 5.32 Å². The number of benzene rings is 1. The molecule has 2 N–H and O–H groups in total. The van der Waals surface area contributed by atoms with Gasteiger partial charge in [0.25, 0.3) is 5.91 Å². The standard InChI is InChI=1S/C12H14ClNO5/c13-9-2-1-3-10(6-9)19-7-11(15)14-4-5-18-8-12(16)17/h1-3,6H,4-5,7-8H2,(H,14,15)(H,16,17). The van der Waals surface area contributed by atoms with Crippen LogP contribution in [0.3, 0.4) is 0 Å². The highest BCUT2D eigenvalue weighted by molar-refractivity contribution is 6.30. The molecule has 0 radical (unpaired) electrons. The predicted octanol–water partition coefficient (Wildman–Crippen LogP) is 0.936. The Balaban J connectivity index is 2.13. The lowest BCUT2D eigenvalue weighted by Gasteiger charge is -2.07. The van der Waals surface area contributed by atoms with Crippen molar-refractivity contribution in [3.63, 3.8) is 0 Å². The molecule has 0 aliphatic rings. The molecule has 0 unspecified atom stereocenters. The van der Waals surface area contributed by atoms with Crippen LogP contribution in [-0.2, 0) is 14.3 Å². The Labute approximate surface area is 115 Å². The van der Waals surface area contributed by atoms with Crippen LogP contribution in [0.25, 0.3) is 0 Å². The zero-order valence-corrected chi connectivity index (χ0v) is 10.9. The molecule has 19 heavy (non-hydrogen) atoms. The average molecular weight is 288 g/mol. The fourth-order valence-corrected chi connectivity index (χ4v) is 1.36. The average Bonchev–Trinajstić information content (AvgIpc) is 2.35. The number of carbonyl (C=O) groups excluding carboxylic acids is 1. The number of aliphatic carboxylic acids is 1. The molecule has 7 heteroatoms. The Morgan fingerprint density at radius 2 is 2.11 bits per heavy atom. The maximum absolute atomic E-state index is 11.4. The fourth-order valence-electron chi connectivity index (χ4n) is 1.18. The number of amides is 1. The van der Waals surface area contributed by atoms with Crippen LogP contribution in [0.15, 0.2) is 24.3 Å². The van der Waals surface area contributed by atoms with Crippen molar-refractivity contribution >= 4 is 23.5 Å². The quantitative estimate of drug-likeness (QED) is 0.695. The van der Waals surface area contributed by atoms with Gasteiger partial charge in [0.05, 0.1) is 6.61 Å². The lowest BCUT2D eigenvalue weighted by atomic mass is 10.3. The van der Waals surface area contributed by atoms with Crippen molar-refractivity contribution < 1.29 is 24.2 Å². The molecule has 0 fully saturated rings. The zero-order valence-electron chi connectivity index (χ0n) is 10.1. The first-order chi connectivity index (χ1) is 9.08. The number of hydrogen-bond acceptors (Lipinski definition) is 4. The molecule has 0 aliphatic carbocycles. The van der Waals surface area contributed by atoms with Crippen molar-refractivity contribution in [3.05, 3.63) is 29.3 Å². The topological polar surface area (TPSA) is 84.9 Å². The van der Waals surface area contributed by atoms with Gasteiger partial charge in [0.15, 0.2) is 6.61 Å². The van der Waals surface area contributed by atoms with Crippen molar-refractivity contribution in [3.8, 4) is 5.75 Å². The molecule has 0 spiro atoms. The molecular formula is C12H14ClNO5. The highest BCUT2D eigenvalue weighted by atomic mass is 35.5. The molecule has 1 aromatic carbocycles. The van der Waals surface area contributed by atoms with Crippen molar-refractivity contribution in [1.29, 1.82) is 0 Å². The Bertz CT molecular complexity index is 438. The molecule has 6 nitrogen and oxygen atoms in total. The lowest BCUT2D eigenvalue weighted by Crippen LogP contribution is -2.32. The van der Waals surface area contributed by atoms with E-state index in [-0.39, 0.29) is 32.3 Å². The summed E-state index contributed by atoms with van der Waals surface area (Å²) in [6.45, 7) is -0.158. The number of rotatable bonds is 8. The van der Waals surface area contributed by atoms with Gasteiger partial charge in [-0.2, -0.15) is 0 Å². The van der Waals surface area contributed by atoms with E-state index in [0.29, 0.717) is 10.8 Å². The Morgan fingerprint density at radius 3 is 2.79 bits per heavy atom. The third-order valence-corrected chi connectivity index (χ3v) is 2.20. The first-order valence-corrected chi connectivity index (χ1v) is 5.90. The molecule has 0 heterocycles. The predicted molar refractivity (Wildman–Crippen MR) is 68.4 cm³/mol. The minimum absolute atomic E-state index is 0.134. The summed E-state index contributed by atoms with van der Waals surface area (Å²) >= 11 is 5.76. The number of halogens is 1. The van der Waals surface area contributed by atoms with Gasteiger partial charge in [-0.25, -0.2) is 4.79 Å². The molecule has 0 aromatic heterocycles. The van der Waals surface area contributed by atoms with Crippen LogP contribution in [-0.4, -0.2) is 43.3 Å². The van der Waals surface area contributed by atoms with Crippen LogP contribution in [0.1, 0.15) is 0 Å². The Morgan fingerprint density at radius 1 is 1.32 bits per heavy atom. The zero-order chi connectivity index (χ0) is 14.1. The third kappa shape index (κ3) is 7.28. The van der Waals surface area contributed by atoms with Gasteiger partial charge in [0, 0.05) is 11.6 Å². The molecule has 0 aliphatic heterocycles. The number of ether oxygens (including phenoxy) is 2. The van der Waals surface area contributed by atoms with Gasteiger partial charge in [-0.3, -0.25) is 4.79 Å². The number of carboxylic acid groups (broad SMARTS) is 1. The molecule has 0 saturated heterocycles. The monoisotopic (exact) mass is 287 g/mol. The Kier molecular flexibility index (Phi) is 6.70. The molecule has 104 valence electrons. The second-order valence-corrected chi connectivity index (χ2v) is 3.98. The van der Waals surface area contributed by atoms with Gasteiger partial charge < -0.3 is 19.9 Å². The van der Waals surface area contributed by atoms with E-state index in [0.717, 1.165) is 0 Å². The number of carboxylic acids is 1. The molecule has 1 amide bonds. The van der Waals surface area contributed by atoms with E-state index in [9.17, 15) is 9.59 Å². The molecular weight excluding hydrogens is 274 g/mol. The summed E-state index contributed by atoms with van der Waals surface area (Å²) in [6.07, 6.45) is 0. The van der Waals surface area contributed by atoms with Crippen molar-refractivity contribution in [2.75, 3.05) is 26.4 Å². The minimum Gasteiger partial charge on any atom is -0.484 e. The lowest BCUT2D eigenvalue weighted by molar-refractivity contribution is -0.142. The summed E-state index contributed by atoms with van der Waals surface area (Å²) in [5.41, 5.74) is 0. The van der Waals surface area contributed by atoms with Crippen LogP contribution in [0.2, 0.25) is 5.02 Å². The van der Waals surface area contributed by atoms with E-state index in [1.807, 2.05) is 0 Å². The normalized spacial score (nSPS) is 9.95. The maximum Gasteiger partial charge on any atom is 0.329 e. The summed E-state index contributed by atoms with van der Waals surface area (Å²) in [7, 11) is 0. The molecule has 1 aromatic rings. The fraction of sp³-hybridized carbons (Fsp3) is 0.333. The van der Waals surface area contributed by atoms with Crippen LogP contribution in [0.5, 0.6) is 5.75 Å². The van der Waals surface area contributed by atoms with Gasteiger partial charge in [-0.1, -0.05) is 17.7 Å². The van der Waals surface area contributed by atoms with E-state index in [1.165, 1.54) is 0 Å². The number of nitrogens with one attached hydrogen (secondary N) is 1. The highest BCUT2D eigenvalue weighted by Gasteiger charge is 2.03. The van der Waals surface area contributed by atoms with E-state index in [1.54, 1.807) is 24.3 Å². The summed E-state index contributed by atoms with van der Waals surface area (Å²) in [6, 6.07) is 6.71. The van der Waals surface area contributed by atoms with Crippen LogP contribution >= 0.6 is 11.6 Å². The van der Waals surface area contributed by atoms with Gasteiger partial charge in [-0.05, 0) is 18.2 Å². The van der Waals surface area contributed by atoms with Crippen molar-refractivity contribution in [2.24, 2.45) is 0 Å². The Hall–Kier alpha value is -1.79. The number of hydrogen-bond donors (Lipinski definition) is 2. The van der Waals surface area contributed by atoms with E-state index >= 15 is 0 Å². The molecule has 0 saturated carbocycles. The third-order valence-electron chi connectivity index (χ3n) is 1.96. The summed E-state index contributed by atoms with van der Waals surface area (Å²) < 4.78 is 9.96. The number of carbonyl (C=O) groups is 2. The van der Waals surface area contributed by atoms with E-state index < -0.39 is 5.97 Å². The second-order valence-electron chi connectivity index (χ2n) is 3.54. The smallest absolute Gasteiger partial charge is 0.329 e. The molecule has 0 atom stereocenters. The minimum atomic E-state index is -1.05. The van der Waals surface area contributed by atoms with Crippen molar-refractivity contribution in [2.45, 2.75) is 0 Å². The second kappa shape index (κ2) is 8.34. The SMILES string of the molecule is O=C(O)COCCNC(=O)COc1cccc(Cl)c1. The van der Waals surface area contributed by atoms with Crippen LogP contribution in [0.4, 0.5) is 0 Å². The summed E-state index contributed by atoms with van der Waals surface area (Å²) in [5, 5.41) is 11.4. The maximum atomic E-state index is 11.4. The molecule has 0 bridgehead atoms. The summed E-state index contributed by atoms with van der Waals surface area (Å²) in [4.78, 5) is 21.5. The highest BCUT2D eigenvalue weighted by Crippen LogP contribution is 2.16. The van der Waals surface area contributed by atoms with Crippen LogP contribution < -0.4 is 10.1 Å². The first-order valence-electron chi connectivity index (χ1n) is 5.52.